The van der Waals surface area contributed by atoms with E-state index in [-0.39, 0.29) is 6.10 Å². The molecule has 1 aliphatic rings. The van der Waals surface area contributed by atoms with Crippen LogP contribution < -0.4 is 21.3 Å². The number of hydrogen-bond donors (Lipinski definition) is 3. The lowest BCUT2D eigenvalue weighted by Gasteiger charge is -2.13. The molecular weight excluding hydrogens is 254 g/mol. The minimum absolute atomic E-state index is 0.122. The molecule has 1 aliphatic heterocycles. The molecule has 2 aromatic rings. The number of ether oxygens (including phenoxy) is 1. The number of rotatable bonds is 4. The van der Waals surface area contributed by atoms with Crippen molar-refractivity contribution in [2.75, 3.05) is 17.3 Å². The highest BCUT2D eigenvalue weighted by atomic mass is 16.5. The van der Waals surface area contributed by atoms with Crippen LogP contribution in [0, 0.1) is 6.92 Å². The number of nitrogens with zero attached hydrogens (tertiary/aromatic N) is 2. The fraction of sp³-hybridized carbons (Fsp3) is 0.286. The molecule has 4 N–H and O–H groups in total. The molecule has 104 valence electrons. The molecule has 0 saturated carbocycles. The van der Waals surface area contributed by atoms with Crippen molar-refractivity contribution in [1.82, 2.24) is 9.97 Å². The van der Waals surface area contributed by atoms with E-state index in [2.05, 4.69) is 26.8 Å². The highest BCUT2D eigenvalue weighted by Crippen LogP contribution is 2.28. The van der Waals surface area contributed by atoms with Crippen LogP contribution in [-0.2, 0) is 6.42 Å². The van der Waals surface area contributed by atoms with Gasteiger partial charge in [-0.3, -0.25) is 5.43 Å². The van der Waals surface area contributed by atoms with Gasteiger partial charge in [0.05, 0.1) is 6.54 Å². The minimum Gasteiger partial charge on any atom is -0.488 e. The molecule has 1 aromatic carbocycles. The van der Waals surface area contributed by atoms with Crippen LogP contribution >= 0.6 is 0 Å². The third-order valence-electron chi connectivity index (χ3n) is 3.21. The van der Waals surface area contributed by atoms with E-state index in [0.717, 1.165) is 23.7 Å². The Labute approximate surface area is 117 Å². The van der Waals surface area contributed by atoms with Crippen molar-refractivity contribution < 1.29 is 4.74 Å². The lowest BCUT2D eigenvalue weighted by Crippen LogP contribution is -2.24. The molecule has 20 heavy (non-hydrogen) atoms. The van der Waals surface area contributed by atoms with Crippen LogP contribution in [0.4, 0.5) is 11.8 Å². The Balaban J connectivity index is 1.63. The number of para-hydroxylation sites is 1. The van der Waals surface area contributed by atoms with E-state index < -0.39 is 0 Å². The van der Waals surface area contributed by atoms with Gasteiger partial charge >= 0.3 is 0 Å². The van der Waals surface area contributed by atoms with E-state index in [9.17, 15) is 0 Å². The van der Waals surface area contributed by atoms with Gasteiger partial charge in [-0.2, -0.15) is 4.98 Å². The van der Waals surface area contributed by atoms with E-state index in [4.69, 9.17) is 10.6 Å². The Kier molecular flexibility index (Phi) is 3.39. The monoisotopic (exact) mass is 271 g/mol. The summed E-state index contributed by atoms with van der Waals surface area (Å²) in [5.41, 5.74) is 4.56. The molecular formula is C14H17N5O. The summed E-state index contributed by atoms with van der Waals surface area (Å²) in [5, 5.41) is 3.27. The average Bonchev–Trinajstić information content (AvgIpc) is 2.87. The summed E-state index contributed by atoms with van der Waals surface area (Å²) in [6.07, 6.45) is 1.03. The zero-order valence-corrected chi connectivity index (χ0v) is 11.3. The highest BCUT2D eigenvalue weighted by molar-refractivity contribution is 5.42. The molecule has 1 atom stereocenters. The van der Waals surface area contributed by atoms with Gasteiger partial charge in [0.2, 0.25) is 5.95 Å². The van der Waals surface area contributed by atoms with Crippen molar-refractivity contribution in [2.24, 2.45) is 5.84 Å². The number of nitrogens with two attached hydrogens (primary N) is 1. The molecule has 1 aromatic heterocycles. The summed E-state index contributed by atoms with van der Waals surface area (Å²) in [5.74, 6) is 7.46. The lowest BCUT2D eigenvalue weighted by atomic mass is 10.1. The molecule has 6 heteroatoms. The second-order valence-electron chi connectivity index (χ2n) is 4.80. The third-order valence-corrected chi connectivity index (χ3v) is 3.21. The first kappa shape index (κ1) is 12.7. The molecule has 0 radical (unpaired) electrons. The summed E-state index contributed by atoms with van der Waals surface area (Å²) < 4.78 is 5.87. The molecule has 0 fully saturated rings. The molecule has 3 rings (SSSR count). The fourth-order valence-corrected chi connectivity index (χ4v) is 2.31. The number of benzene rings is 1. The zero-order valence-electron chi connectivity index (χ0n) is 11.3. The van der Waals surface area contributed by atoms with Crippen molar-refractivity contribution >= 4 is 11.8 Å². The molecule has 0 saturated heterocycles. The largest absolute Gasteiger partial charge is 0.488 e. The second kappa shape index (κ2) is 5.34. The maximum atomic E-state index is 5.87. The number of nitrogen functional groups attached to an aromatic ring is 1. The van der Waals surface area contributed by atoms with Crippen molar-refractivity contribution in [3.8, 4) is 5.75 Å². The van der Waals surface area contributed by atoms with Crippen LogP contribution in [0.1, 0.15) is 11.3 Å². The number of hydrazine groups is 1. The number of nitrogens with one attached hydrogen (secondary N) is 2. The summed E-state index contributed by atoms with van der Waals surface area (Å²) in [7, 11) is 0. The van der Waals surface area contributed by atoms with Crippen LogP contribution in [0.25, 0.3) is 0 Å². The number of anilines is 2. The summed E-state index contributed by atoms with van der Waals surface area (Å²) in [6.45, 7) is 2.59. The topological polar surface area (TPSA) is 85.1 Å². The van der Waals surface area contributed by atoms with Gasteiger partial charge in [0.15, 0.2) is 0 Å². The summed E-state index contributed by atoms with van der Waals surface area (Å²) in [4.78, 5) is 8.39. The second-order valence-corrected chi connectivity index (χ2v) is 4.80. The van der Waals surface area contributed by atoms with Gasteiger partial charge in [0.25, 0.3) is 0 Å². The van der Waals surface area contributed by atoms with E-state index >= 15 is 0 Å². The Bertz CT molecular complexity index is 591. The molecule has 0 aliphatic carbocycles. The predicted molar refractivity (Wildman–Crippen MR) is 77.6 cm³/mol. The summed E-state index contributed by atoms with van der Waals surface area (Å²) >= 11 is 0. The highest BCUT2D eigenvalue weighted by Gasteiger charge is 2.22. The first-order chi connectivity index (χ1) is 9.74. The first-order valence-electron chi connectivity index (χ1n) is 6.55. The van der Waals surface area contributed by atoms with Gasteiger partial charge in [-0.25, -0.2) is 10.8 Å². The zero-order chi connectivity index (χ0) is 13.9. The lowest BCUT2D eigenvalue weighted by molar-refractivity contribution is 0.246. The third kappa shape index (κ3) is 2.65. The van der Waals surface area contributed by atoms with Crippen molar-refractivity contribution in [1.29, 1.82) is 0 Å². The molecule has 2 heterocycles. The molecule has 6 nitrogen and oxygen atoms in total. The molecule has 0 amide bonds. The Hall–Kier alpha value is -2.34. The standard InChI is InChI=1S/C14H17N5O/c1-9-6-13(18-14(17-9)19-15)16-8-11-7-10-4-2-3-5-12(10)20-11/h2-6,11H,7-8,15H2,1H3,(H2,16,17,18,19). The summed E-state index contributed by atoms with van der Waals surface area (Å²) in [6, 6.07) is 10.00. The molecule has 0 bridgehead atoms. The van der Waals surface area contributed by atoms with Crippen molar-refractivity contribution in [2.45, 2.75) is 19.4 Å². The number of hydrogen-bond acceptors (Lipinski definition) is 6. The van der Waals surface area contributed by atoms with E-state index in [1.54, 1.807) is 0 Å². The van der Waals surface area contributed by atoms with Gasteiger partial charge in [-0.1, -0.05) is 18.2 Å². The number of aromatic nitrogens is 2. The molecule has 1 unspecified atom stereocenters. The van der Waals surface area contributed by atoms with Crippen molar-refractivity contribution in [3.63, 3.8) is 0 Å². The van der Waals surface area contributed by atoms with Crippen LogP contribution in [0.2, 0.25) is 0 Å². The van der Waals surface area contributed by atoms with Gasteiger partial charge in [-0.15, -0.1) is 0 Å². The van der Waals surface area contributed by atoms with Crippen LogP contribution in [0.5, 0.6) is 5.75 Å². The Morgan fingerprint density at radius 2 is 2.20 bits per heavy atom. The van der Waals surface area contributed by atoms with Gasteiger partial charge in [-0.05, 0) is 18.6 Å². The van der Waals surface area contributed by atoms with Crippen LogP contribution in [-0.4, -0.2) is 22.6 Å². The van der Waals surface area contributed by atoms with Gasteiger partial charge < -0.3 is 10.1 Å². The number of aryl methyl sites for hydroxylation is 1. The van der Waals surface area contributed by atoms with Gasteiger partial charge in [0.1, 0.15) is 17.7 Å². The maximum absolute atomic E-state index is 5.87. The van der Waals surface area contributed by atoms with Crippen molar-refractivity contribution in [3.05, 3.63) is 41.6 Å². The smallest absolute Gasteiger partial charge is 0.239 e. The quantitative estimate of drug-likeness (QED) is 0.577. The van der Waals surface area contributed by atoms with Crippen LogP contribution in [0.15, 0.2) is 30.3 Å². The average molecular weight is 271 g/mol. The number of fused-ring (bicyclic) bond motifs is 1. The van der Waals surface area contributed by atoms with Crippen LogP contribution in [0.3, 0.4) is 0 Å². The maximum Gasteiger partial charge on any atom is 0.239 e. The fourth-order valence-electron chi connectivity index (χ4n) is 2.31. The minimum atomic E-state index is 0.122. The van der Waals surface area contributed by atoms with E-state index in [0.29, 0.717) is 12.5 Å². The van der Waals surface area contributed by atoms with E-state index in [1.165, 1.54) is 5.56 Å². The normalized spacial score (nSPS) is 16.4. The first-order valence-corrected chi connectivity index (χ1v) is 6.55. The van der Waals surface area contributed by atoms with Gasteiger partial charge in [0, 0.05) is 18.2 Å². The van der Waals surface area contributed by atoms with E-state index in [1.807, 2.05) is 31.2 Å². The Morgan fingerprint density at radius 1 is 1.35 bits per heavy atom. The molecule has 0 spiro atoms. The SMILES string of the molecule is Cc1cc(NCC2Cc3ccccc3O2)nc(NN)n1. The Morgan fingerprint density at radius 3 is 3.00 bits per heavy atom. The predicted octanol–water partition coefficient (Wildman–Crippen LogP) is 1.49.